The number of benzene rings is 2. The highest BCUT2D eigenvalue weighted by Crippen LogP contribution is 2.27. The Hall–Kier alpha value is -2.25. The lowest BCUT2D eigenvalue weighted by molar-refractivity contribution is -0.119. The van der Waals surface area contributed by atoms with Gasteiger partial charge in [0, 0.05) is 17.4 Å². The molecule has 1 unspecified atom stereocenters. The van der Waals surface area contributed by atoms with Crippen LogP contribution in [-0.4, -0.2) is 42.5 Å². The molecule has 0 saturated carbocycles. The van der Waals surface area contributed by atoms with Crippen molar-refractivity contribution in [1.29, 1.82) is 0 Å². The molecular weight excluding hydrogens is 449 g/mol. The van der Waals surface area contributed by atoms with Crippen LogP contribution in [0.25, 0.3) is 0 Å². The molecule has 5 nitrogen and oxygen atoms in total. The number of urea groups is 1. The molecule has 2 aromatic rings. The van der Waals surface area contributed by atoms with Gasteiger partial charge in [-0.05, 0) is 74.2 Å². The Morgan fingerprint density at radius 3 is 2.50 bits per heavy atom. The number of nitrogens with one attached hydrogen (secondary N) is 1. The maximum atomic E-state index is 13.5. The first-order valence-corrected chi connectivity index (χ1v) is 11.1. The molecule has 0 aromatic heterocycles. The van der Waals surface area contributed by atoms with Crippen LogP contribution in [0.5, 0.6) is 0 Å². The van der Waals surface area contributed by atoms with Gasteiger partial charge in [-0.2, -0.15) is 0 Å². The summed E-state index contributed by atoms with van der Waals surface area (Å²) < 4.78 is 14.5. The minimum Gasteiger partial charge on any atom is -0.333 e. The summed E-state index contributed by atoms with van der Waals surface area (Å²) in [5, 5.41) is 2.98. The largest absolute Gasteiger partial charge is 0.333 e. The van der Waals surface area contributed by atoms with Gasteiger partial charge in [0.1, 0.15) is 5.82 Å². The second-order valence-electron chi connectivity index (χ2n) is 8.10. The Labute approximate surface area is 184 Å². The van der Waals surface area contributed by atoms with E-state index in [0.717, 1.165) is 42.4 Å². The Bertz CT molecular complexity index is 898. The lowest BCUT2D eigenvalue weighted by Gasteiger charge is -2.37. The van der Waals surface area contributed by atoms with Gasteiger partial charge in [-0.1, -0.05) is 34.1 Å². The molecule has 2 saturated heterocycles. The number of carbonyl (C=O) groups is 2. The normalized spacial score (nSPS) is 21.0. The first kappa shape index (κ1) is 21.0. The van der Waals surface area contributed by atoms with Gasteiger partial charge in [-0.25, -0.2) is 14.1 Å². The molecule has 3 amide bonds. The van der Waals surface area contributed by atoms with E-state index in [0.29, 0.717) is 24.6 Å². The van der Waals surface area contributed by atoms with Crippen molar-refractivity contribution < 1.29 is 14.0 Å². The van der Waals surface area contributed by atoms with E-state index in [2.05, 4.69) is 26.1 Å². The van der Waals surface area contributed by atoms with E-state index in [4.69, 9.17) is 0 Å². The van der Waals surface area contributed by atoms with Crippen molar-refractivity contribution >= 4 is 33.6 Å². The van der Waals surface area contributed by atoms with Crippen molar-refractivity contribution in [2.45, 2.75) is 31.7 Å². The molecule has 0 aliphatic carbocycles. The van der Waals surface area contributed by atoms with Gasteiger partial charge in [0.15, 0.2) is 0 Å². The van der Waals surface area contributed by atoms with E-state index in [1.165, 1.54) is 11.0 Å². The van der Waals surface area contributed by atoms with E-state index in [9.17, 15) is 14.0 Å². The average molecular weight is 474 g/mol. The first-order valence-electron chi connectivity index (χ1n) is 10.3. The summed E-state index contributed by atoms with van der Waals surface area (Å²) in [4.78, 5) is 28.6. The number of likely N-dealkylation sites (tertiary alicyclic amines) is 1. The monoisotopic (exact) mass is 473 g/mol. The third kappa shape index (κ3) is 4.90. The van der Waals surface area contributed by atoms with E-state index in [-0.39, 0.29) is 23.8 Å². The Morgan fingerprint density at radius 1 is 1.07 bits per heavy atom. The minimum atomic E-state index is -0.353. The number of halogens is 2. The number of piperidine rings is 1. The summed E-state index contributed by atoms with van der Waals surface area (Å²) in [6.45, 7) is 2.51. The number of hydrogen-bond acceptors (Lipinski definition) is 3. The molecule has 4 rings (SSSR count). The van der Waals surface area contributed by atoms with Crippen LogP contribution in [0.1, 0.15) is 24.8 Å². The smallest absolute Gasteiger partial charge is 0.329 e. The highest BCUT2D eigenvalue weighted by Gasteiger charge is 2.34. The van der Waals surface area contributed by atoms with Gasteiger partial charge in [0.05, 0.1) is 11.7 Å². The number of rotatable bonds is 5. The highest BCUT2D eigenvalue weighted by molar-refractivity contribution is 9.10. The van der Waals surface area contributed by atoms with Crippen LogP contribution >= 0.6 is 15.9 Å². The van der Waals surface area contributed by atoms with Crippen LogP contribution in [0, 0.1) is 11.7 Å². The summed E-state index contributed by atoms with van der Waals surface area (Å²) in [6.07, 6.45) is 3.20. The fourth-order valence-corrected chi connectivity index (χ4v) is 4.76. The number of para-hydroxylation sites is 1. The van der Waals surface area contributed by atoms with E-state index in [1.807, 2.05) is 18.2 Å². The van der Waals surface area contributed by atoms with Crippen molar-refractivity contribution in [2.24, 2.45) is 5.92 Å². The zero-order valence-corrected chi connectivity index (χ0v) is 18.3. The van der Waals surface area contributed by atoms with Crippen molar-refractivity contribution in [3.8, 4) is 0 Å². The van der Waals surface area contributed by atoms with Gasteiger partial charge in [-0.3, -0.25) is 4.79 Å². The molecule has 30 heavy (non-hydrogen) atoms. The third-order valence-corrected chi connectivity index (χ3v) is 6.69. The standard InChI is InChI=1S/C23H25BrFN3O2/c24-21-7-6-18(25)13-17(21)12-16-8-10-27(11-9-16)15-19-14-22(29)28(23(30)26-19)20-4-2-1-3-5-20/h1-7,13,16,19H,8-12,14-15H2,(H,26,30). The van der Waals surface area contributed by atoms with E-state index >= 15 is 0 Å². The quantitative estimate of drug-likeness (QED) is 0.701. The van der Waals surface area contributed by atoms with Crippen LogP contribution in [0.3, 0.4) is 0 Å². The first-order chi connectivity index (χ1) is 14.5. The molecule has 1 N–H and O–H groups in total. The van der Waals surface area contributed by atoms with Crippen LogP contribution in [0.4, 0.5) is 14.9 Å². The molecule has 2 heterocycles. The predicted molar refractivity (Wildman–Crippen MR) is 118 cm³/mol. The van der Waals surface area contributed by atoms with Gasteiger partial charge in [0.2, 0.25) is 5.91 Å². The minimum absolute atomic E-state index is 0.166. The molecule has 2 aliphatic rings. The maximum absolute atomic E-state index is 13.5. The molecule has 7 heteroatoms. The van der Waals surface area contributed by atoms with Crippen molar-refractivity contribution in [3.63, 3.8) is 0 Å². The third-order valence-electron chi connectivity index (χ3n) is 5.92. The zero-order valence-electron chi connectivity index (χ0n) is 16.7. The molecular formula is C23H25BrFN3O2. The topological polar surface area (TPSA) is 52.7 Å². The Kier molecular flexibility index (Phi) is 6.49. The molecule has 1 atom stereocenters. The van der Waals surface area contributed by atoms with Crippen LogP contribution in [-0.2, 0) is 11.2 Å². The lowest BCUT2D eigenvalue weighted by atomic mass is 9.90. The number of nitrogens with zero attached hydrogens (tertiary/aromatic N) is 2. The van der Waals surface area contributed by atoms with Gasteiger partial charge in [-0.15, -0.1) is 0 Å². The van der Waals surface area contributed by atoms with Crippen LogP contribution in [0.2, 0.25) is 0 Å². The maximum Gasteiger partial charge on any atom is 0.329 e. The van der Waals surface area contributed by atoms with Gasteiger partial charge < -0.3 is 10.2 Å². The number of amides is 3. The SMILES string of the molecule is O=C1CC(CN2CCC(Cc3cc(F)ccc3Br)CC2)NC(=O)N1c1ccccc1. The van der Waals surface area contributed by atoms with Crippen molar-refractivity contribution in [1.82, 2.24) is 10.2 Å². The van der Waals surface area contributed by atoms with Crippen molar-refractivity contribution in [3.05, 3.63) is 64.4 Å². The fourth-order valence-electron chi connectivity index (χ4n) is 4.35. The van der Waals surface area contributed by atoms with E-state index in [1.54, 1.807) is 24.3 Å². The van der Waals surface area contributed by atoms with Crippen LogP contribution < -0.4 is 10.2 Å². The summed E-state index contributed by atoms with van der Waals surface area (Å²) in [6, 6.07) is 13.3. The number of hydrogen-bond donors (Lipinski definition) is 1. The number of anilines is 1. The molecule has 2 aliphatic heterocycles. The summed E-state index contributed by atoms with van der Waals surface area (Å²) >= 11 is 3.51. The second kappa shape index (κ2) is 9.27. The summed E-state index contributed by atoms with van der Waals surface area (Å²) in [7, 11) is 0. The molecule has 0 bridgehead atoms. The second-order valence-corrected chi connectivity index (χ2v) is 8.95. The zero-order chi connectivity index (χ0) is 21.1. The number of imide groups is 1. The van der Waals surface area contributed by atoms with Crippen molar-refractivity contribution in [2.75, 3.05) is 24.5 Å². The fraction of sp³-hybridized carbons (Fsp3) is 0.391. The molecule has 2 aromatic carbocycles. The molecule has 2 fully saturated rings. The van der Waals surface area contributed by atoms with Gasteiger partial charge in [0.25, 0.3) is 0 Å². The molecule has 0 radical (unpaired) electrons. The molecule has 158 valence electrons. The predicted octanol–water partition coefficient (Wildman–Crippen LogP) is 4.36. The Morgan fingerprint density at radius 2 is 1.80 bits per heavy atom. The molecule has 0 spiro atoms. The average Bonchev–Trinajstić information content (AvgIpc) is 2.72. The summed E-state index contributed by atoms with van der Waals surface area (Å²) in [5.74, 6) is 0.143. The Balaban J connectivity index is 1.28. The highest BCUT2D eigenvalue weighted by atomic mass is 79.9. The van der Waals surface area contributed by atoms with Gasteiger partial charge >= 0.3 is 6.03 Å². The van der Waals surface area contributed by atoms with E-state index < -0.39 is 0 Å². The number of carbonyl (C=O) groups excluding carboxylic acids is 2. The lowest BCUT2D eigenvalue weighted by Crippen LogP contribution is -2.58. The van der Waals surface area contributed by atoms with Crippen LogP contribution in [0.15, 0.2) is 53.0 Å². The summed E-state index contributed by atoms with van der Waals surface area (Å²) in [5.41, 5.74) is 1.61.